The molecule has 4 aromatic rings. The van der Waals surface area contributed by atoms with Gasteiger partial charge in [-0.1, -0.05) is 12.1 Å². The van der Waals surface area contributed by atoms with E-state index < -0.39 is 0 Å². The molecule has 2 saturated carbocycles. The van der Waals surface area contributed by atoms with Crippen molar-refractivity contribution >= 4 is 33.6 Å². The molecule has 2 atom stereocenters. The minimum atomic E-state index is -0.266. The number of benzene rings is 1. The molecule has 0 amide bonds. The van der Waals surface area contributed by atoms with Gasteiger partial charge in [-0.05, 0) is 80.5 Å². The summed E-state index contributed by atoms with van der Waals surface area (Å²) < 4.78 is 16.7. The largest absolute Gasteiger partial charge is 0.383 e. The van der Waals surface area contributed by atoms with Crippen LogP contribution in [0.15, 0.2) is 42.9 Å². The third kappa shape index (κ3) is 4.12. The second kappa shape index (κ2) is 8.28. The van der Waals surface area contributed by atoms with Gasteiger partial charge in [0.05, 0.1) is 10.9 Å². The van der Waals surface area contributed by atoms with Crippen molar-refractivity contribution in [3.63, 3.8) is 0 Å². The van der Waals surface area contributed by atoms with E-state index in [4.69, 9.17) is 5.73 Å². The van der Waals surface area contributed by atoms with E-state index in [1.807, 2.05) is 12.1 Å². The number of nitrogens with two attached hydrogens (primary N) is 1. The highest BCUT2D eigenvalue weighted by Crippen LogP contribution is 2.39. The quantitative estimate of drug-likeness (QED) is 0.394. The smallest absolute Gasteiger partial charge is 0.166 e. The van der Waals surface area contributed by atoms with E-state index in [9.17, 15) is 4.39 Å². The molecule has 2 aliphatic rings. The van der Waals surface area contributed by atoms with Gasteiger partial charge in [0.15, 0.2) is 11.6 Å². The van der Waals surface area contributed by atoms with Gasteiger partial charge in [0.25, 0.3) is 0 Å². The maximum absolute atomic E-state index is 14.4. The summed E-state index contributed by atoms with van der Waals surface area (Å²) >= 11 is 0. The molecule has 0 unspecified atom stereocenters. The normalized spacial score (nSPS) is 20.6. The van der Waals surface area contributed by atoms with Gasteiger partial charge >= 0.3 is 0 Å². The molecule has 2 aliphatic carbocycles. The minimum Gasteiger partial charge on any atom is -0.383 e. The Hall–Kier alpha value is -3.22. The Labute approximate surface area is 192 Å². The average molecular weight is 445 g/mol. The van der Waals surface area contributed by atoms with E-state index in [0.29, 0.717) is 29.5 Å². The molecule has 170 valence electrons. The van der Waals surface area contributed by atoms with Crippen molar-refractivity contribution < 1.29 is 4.39 Å². The van der Waals surface area contributed by atoms with Crippen LogP contribution in [0.3, 0.4) is 0 Å². The number of nitrogens with one attached hydrogen (secondary N) is 1. The summed E-state index contributed by atoms with van der Waals surface area (Å²) in [5.41, 5.74) is 9.08. The molecule has 6 rings (SSSR count). The van der Waals surface area contributed by atoms with Crippen LogP contribution in [-0.4, -0.2) is 26.1 Å². The Morgan fingerprint density at radius 2 is 1.94 bits per heavy atom. The first-order valence-electron chi connectivity index (χ1n) is 12.0. The molecular formula is C26H29FN6. The van der Waals surface area contributed by atoms with Crippen molar-refractivity contribution in [3.8, 4) is 0 Å². The number of nitrogen functional groups attached to an aromatic ring is 1. The number of pyridine rings is 1. The van der Waals surface area contributed by atoms with Crippen LogP contribution in [0.5, 0.6) is 0 Å². The molecule has 7 heteroatoms. The van der Waals surface area contributed by atoms with E-state index in [-0.39, 0.29) is 5.82 Å². The number of halogens is 1. The second-order valence-corrected chi connectivity index (χ2v) is 9.76. The first-order chi connectivity index (χ1) is 16.1. The molecule has 0 spiro atoms. The number of aromatic nitrogens is 4. The van der Waals surface area contributed by atoms with E-state index >= 15 is 0 Å². The van der Waals surface area contributed by atoms with Gasteiger partial charge in [-0.2, -0.15) is 0 Å². The first kappa shape index (κ1) is 20.4. The van der Waals surface area contributed by atoms with Gasteiger partial charge in [0.2, 0.25) is 0 Å². The molecule has 0 saturated heterocycles. The van der Waals surface area contributed by atoms with Crippen molar-refractivity contribution in [2.45, 2.75) is 51.0 Å². The van der Waals surface area contributed by atoms with Gasteiger partial charge in [-0.25, -0.2) is 19.3 Å². The van der Waals surface area contributed by atoms with Crippen molar-refractivity contribution in [1.29, 1.82) is 0 Å². The average Bonchev–Trinajstić information content (AvgIpc) is 3.35. The molecule has 6 nitrogen and oxygen atoms in total. The fourth-order valence-corrected chi connectivity index (χ4v) is 5.25. The van der Waals surface area contributed by atoms with Crippen LogP contribution in [0, 0.1) is 17.7 Å². The molecule has 1 aromatic carbocycles. The van der Waals surface area contributed by atoms with Gasteiger partial charge in [-0.15, -0.1) is 0 Å². The summed E-state index contributed by atoms with van der Waals surface area (Å²) in [6, 6.07) is 10.3. The van der Waals surface area contributed by atoms with Crippen molar-refractivity contribution in [1.82, 2.24) is 19.5 Å². The minimum absolute atomic E-state index is 0.266. The van der Waals surface area contributed by atoms with Gasteiger partial charge in [0.1, 0.15) is 17.8 Å². The van der Waals surface area contributed by atoms with Crippen LogP contribution in [0.2, 0.25) is 0 Å². The summed E-state index contributed by atoms with van der Waals surface area (Å²) in [6.45, 7) is 0.813. The zero-order valence-corrected chi connectivity index (χ0v) is 18.7. The lowest BCUT2D eigenvalue weighted by atomic mass is 9.97. The summed E-state index contributed by atoms with van der Waals surface area (Å²) in [5, 5.41) is 4.99. The predicted octanol–water partition coefficient (Wildman–Crippen LogP) is 5.50. The maximum atomic E-state index is 14.4. The number of hydrogen-bond donors (Lipinski definition) is 2. The number of nitrogens with zero attached hydrogens (tertiary/aromatic N) is 4. The lowest BCUT2D eigenvalue weighted by Crippen LogP contribution is -2.07. The van der Waals surface area contributed by atoms with Gasteiger partial charge in [0, 0.05) is 24.2 Å². The predicted molar refractivity (Wildman–Crippen MR) is 130 cm³/mol. The number of anilines is 2. The van der Waals surface area contributed by atoms with E-state index in [0.717, 1.165) is 54.2 Å². The number of hydrogen-bond acceptors (Lipinski definition) is 5. The van der Waals surface area contributed by atoms with E-state index in [2.05, 4.69) is 43.2 Å². The number of aryl methyl sites for hydroxylation is 1. The lowest BCUT2D eigenvalue weighted by Gasteiger charge is -2.14. The zero-order chi connectivity index (χ0) is 22.4. The topological polar surface area (TPSA) is 81.6 Å². The van der Waals surface area contributed by atoms with Crippen LogP contribution in [-0.2, 0) is 6.42 Å². The molecule has 2 fully saturated rings. The molecule has 0 bridgehead atoms. The van der Waals surface area contributed by atoms with E-state index in [1.54, 1.807) is 12.4 Å². The third-order valence-corrected chi connectivity index (χ3v) is 7.38. The Kier molecular flexibility index (Phi) is 5.12. The highest BCUT2D eigenvalue weighted by Gasteiger charge is 2.27. The van der Waals surface area contributed by atoms with Crippen molar-refractivity contribution in [3.05, 3.63) is 54.2 Å². The highest BCUT2D eigenvalue weighted by molar-refractivity contribution is 5.86. The fraction of sp³-hybridized carbons (Fsp3) is 0.423. The summed E-state index contributed by atoms with van der Waals surface area (Å²) in [4.78, 5) is 13.2. The summed E-state index contributed by atoms with van der Waals surface area (Å²) in [6.07, 6.45) is 11.8. The monoisotopic (exact) mass is 444 g/mol. The molecule has 0 radical (unpaired) electrons. The first-order valence-corrected chi connectivity index (χ1v) is 12.0. The van der Waals surface area contributed by atoms with Crippen LogP contribution < -0.4 is 11.1 Å². The highest BCUT2D eigenvalue weighted by atomic mass is 19.1. The van der Waals surface area contributed by atoms with Gasteiger partial charge in [-0.3, -0.25) is 0 Å². The number of rotatable bonds is 7. The Balaban J connectivity index is 1.12. The van der Waals surface area contributed by atoms with Gasteiger partial charge < -0.3 is 15.6 Å². The molecule has 33 heavy (non-hydrogen) atoms. The lowest BCUT2D eigenvalue weighted by molar-refractivity contribution is 0.461. The zero-order valence-electron chi connectivity index (χ0n) is 18.7. The molecule has 0 aliphatic heterocycles. The van der Waals surface area contributed by atoms with Crippen LogP contribution in [0.25, 0.3) is 21.9 Å². The van der Waals surface area contributed by atoms with Crippen molar-refractivity contribution in [2.75, 3.05) is 17.6 Å². The number of fused-ring (bicyclic) bond motifs is 2. The van der Waals surface area contributed by atoms with Crippen LogP contribution in [0.1, 0.15) is 50.1 Å². The van der Waals surface area contributed by atoms with Crippen molar-refractivity contribution in [2.24, 2.45) is 11.8 Å². The molecule has 3 N–H and O–H groups in total. The van der Waals surface area contributed by atoms with Crippen LogP contribution in [0.4, 0.5) is 16.0 Å². The molecule has 3 heterocycles. The Bertz CT molecular complexity index is 1310. The Morgan fingerprint density at radius 3 is 2.82 bits per heavy atom. The fourth-order valence-electron chi connectivity index (χ4n) is 5.25. The van der Waals surface area contributed by atoms with Crippen LogP contribution >= 0.6 is 0 Å². The van der Waals surface area contributed by atoms with E-state index in [1.165, 1.54) is 24.8 Å². The molecule has 3 aromatic heterocycles. The maximum Gasteiger partial charge on any atom is 0.166 e. The summed E-state index contributed by atoms with van der Waals surface area (Å²) in [7, 11) is 0. The third-order valence-electron chi connectivity index (χ3n) is 7.38. The summed E-state index contributed by atoms with van der Waals surface area (Å²) in [5.74, 6) is 2.02. The standard InChI is InChI=1S/C26H29FN6/c27-22-13-19-7-5-17(12-23(19)32-25(22)29-14-18-3-4-18)2-1-16-6-8-20(11-16)33-10-9-21-24(28)30-15-31-26(21)33/h5,7,9-10,12-13,15-16,18,20H,1-4,6,8,11,14H2,(H,29,32)(H2,28,30,31)/t16-,20+/m1/s1. The molecular weight excluding hydrogens is 415 g/mol. The Morgan fingerprint density at radius 1 is 1.06 bits per heavy atom. The SMILES string of the molecule is Nc1ncnc2c1ccn2[C@H]1CC[C@@H](CCc2ccc3cc(F)c(NCC4CC4)nc3c2)C1. The second-order valence-electron chi connectivity index (χ2n) is 9.76.